The zero-order valence-corrected chi connectivity index (χ0v) is 34.5. The van der Waals surface area contributed by atoms with Gasteiger partial charge in [0.2, 0.25) is 0 Å². The smallest absolute Gasteiger partial charge is 0.407 e. The van der Waals surface area contributed by atoms with Crippen molar-refractivity contribution in [1.29, 1.82) is 0 Å². The molecule has 0 aliphatic heterocycles. The lowest BCUT2D eigenvalue weighted by Crippen LogP contribution is -2.35. The second-order valence-corrected chi connectivity index (χ2v) is 14.7. The van der Waals surface area contributed by atoms with Crippen molar-refractivity contribution in [1.82, 2.24) is 10.6 Å². The van der Waals surface area contributed by atoms with E-state index in [4.69, 9.17) is 14.2 Å². The molecule has 2 N–H and O–H groups in total. The standard InChI is InChI=1S/C45H88N2O4/c1-4-7-9-11-13-15-17-19-21-23-25-27-29-31-33-35-40-49-42-44(43-51-45(48)47-39-38-46-37-6-3)50-41-36-34-32-30-28-26-24-22-20-18-16-14-12-10-8-5-2/h19-22,44,46H,4-18,23-43H2,1-3H3,(H,47,48)/b21-19-,22-20-. The molecule has 1 unspecified atom stereocenters. The van der Waals surface area contributed by atoms with E-state index in [-0.39, 0.29) is 18.8 Å². The molecule has 1 atom stereocenters. The Balaban J connectivity index is 3.97. The Hall–Kier alpha value is -1.37. The first-order valence-electron chi connectivity index (χ1n) is 22.3. The molecule has 0 aromatic heterocycles. The minimum absolute atomic E-state index is 0.216. The maximum Gasteiger partial charge on any atom is 0.407 e. The summed E-state index contributed by atoms with van der Waals surface area (Å²) in [4.78, 5) is 12.2. The zero-order valence-electron chi connectivity index (χ0n) is 34.5. The molecule has 0 aliphatic carbocycles. The molecule has 0 spiro atoms. The number of alkyl carbamates (subject to hydrolysis) is 1. The monoisotopic (exact) mass is 721 g/mol. The van der Waals surface area contributed by atoms with Gasteiger partial charge in [-0.2, -0.15) is 0 Å². The van der Waals surface area contributed by atoms with Gasteiger partial charge in [0.1, 0.15) is 12.7 Å². The summed E-state index contributed by atoms with van der Waals surface area (Å²) in [5.41, 5.74) is 0. The molecule has 0 radical (unpaired) electrons. The van der Waals surface area contributed by atoms with Crippen molar-refractivity contribution < 1.29 is 19.0 Å². The fraction of sp³-hybridized carbons (Fsp3) is 0.889. The van der Waals surface area contributed by atoms with Crippen LogP contribution in [0.3, 0.4) is 0 Å². The SMILES string of the molecule is CCCCCCCC/C=C\CCCCCCCCOCC(COC(=O)NCCNCCC)OCCCCCCCC/C=C\CCCCCCCC. The Morgan fingerprint density at radius 3 is 1.37 bits per heavy atom. The van der Waals surface area contributed by atoms with Crippen molar-refractivity contribution >= 4 is 6.09 Å². The van der Waals surface area contributed by atoms with E-state index in [1.165, 1.54) is 167 Å². The van der Waals surface area contributed by atoms with Crippen molar-refractivity contribution in [3.05, 3.63) is 24.3 Å². The summed E-state index contributed by atoms with van der Waals surface area (Å²) in [7, 11) is 0. The molecule has 1 amide bonds. The number of allylic oxidation sites excluding steroid dienone is 4. The van der Waals surface area contributed by atoms with Gasteiger partial charge in [-0.1, -0.05) is 161 Å². The number of hydrogen-bond acceptors (Lipinski definition) is 5. The Morgan fingerprint density at radius 1 is 0.471 bits per heavy atom. The maximum absolute atomic E-state index is 12.2. The molecule has 0 saturated heterocycles. The molecule has 6 heteroatoms. The first-order valence-corrected chi connectivity index (χ1v) is 22.3. The summed E-state index contributed by atoms with van der Waals surface area (Å²) in [5, 5.41) is 6.11. The van der Waals surface area contributed by atoms with Gasteiger partial charge in [-0.3, -0.25) is 0 Å². The van der Waals surface area contributed by atoms with Crippen LogP contribution in [0.25, 0.3) is 0 Å². The van der Waals surface area contributed by atoms with E-state index in [2.05, 4.69) is 55.7 Å². The summed E-state index contributed by atoms with van der Waals surface area (Å²) in [6.45, 7) is 11.1. The minimum atomic E-state index is -0.382. The van der Waals surface area contributed by atoms with Gasteiger partial charge in [-0.15, -0.1) is 0 Å². The van der Waals surface area contributed by atoms with Crippen LogP contribution in [0.2, 0.25) is 0 Å². The highest BCUT2D eigenvalue weighted by Gasteiger charge is 2.13. The minimum Gasteiger partial charge on any atom is -0.447 e. The van der Waals surface area contributed by atoms with Gasteiger partial charge in [0.25, 0.3) is 0 Å². The van der Waals surface area contributed by atoms with Crippen LogP contribution in [-0.4, -0.2) is 58.3 Å². The summed E-state index contributed by atoms with van der Waals surface area (Å²) in [6, 6.07) is 0. The van der Waals surface area contributed by atoms with Crippen molar-refractivity contribution in [2.45, 2.75) is 213 Å². The van der Waals surface area contributed by atoms with Crippen LogP contribution in [0.5, 0.6) is 0 Å². The summed E-state index contributed by atoms with van der Waals surface area (Å²) in [6.07, 6.45) is 46.5. The third-order valence-electron chi connectivity index (χ3n) is 9.51. The van der Waals surface area contributed by atoms with E-state index in [0.29, 0.717) is 19.8 Å². The molecule has 51 heavy (non-hydrogen) atoms. The number of unbranched alkanes of at least 4 members (excludes halogenated alkanes) is 24. The predicted octanol–water partition coefficient (Wildman–Crippen LogP) is 13.2. The number of ether oxygens (including phenoxy) is 3. The molecule has 302 valence electrons. The first-order chi connectivity index (χ1) is 25.2. The van der Waals surface area contributed by atoms with Crippen LogP contribution in [0.15, 0.2) is 24.3 Å². The normalized spacial score (nSPS) is 12.4. The molecule has 0 saturated carbocycles. The molecule has 0 aliphatic rings. The molecule has 0 rings (SSSR count). The van der Waals surface area contributed by atoms with Gasteiger partial charge >= 0.3 is 6.09 Å². The highest BCUT2D eigenvalue weighted by Crippen LogP contribution is 2.12. The lowest BCUT2D eigenvalue weighted by molar-refractivity contribution is -0.0468. The molecule has 0 bridgehead atoms. The molecule has 0 heterocycles. The zero-order chi connectivity index (χ0) is 37.0. The first kappa shape index (κ1) is 49.6. The number of amides is 1. The van der Waals surface area contributed by atoms with Gasteiger partial charge in [-0.05, 0) is 77.2 Å². The van der Waals surface area contributed by atoms with Gasteiger partial charge in [0.15, 0.2) is 0 Å². The largest absolute Gasteiger partial charge is 0.447 e. The van der Waals surface area contributed by atoms with E-state index in [9.17, 15) is 4.79 Å². The average molecular weight is 721 g/mol. The van der Waals surface area contributed by atoms with Crippen molar-refractivity contribution in [3.8, 4) is 0 Å². The fourth-order valence-electron chi connectivity index (χ4n) is 6.18. The highest BCUT2D eigenvalue weighted by atomic mass is 16.6. The number of rotatable bonds is 42. The van der Waals surface area contributed by atoms with E-state index < -0.39 is 0 Å². The third kappa shape index (κ3) is 42.9. The average Bonchev–Trinajstić information content (AvgIpc) is 3.14. The predicted molar refractivity (Wildman–Crippen MR) is 222 cm³/mol. The van der Waals surface area contributed by atoms with Crippen molar-refractivity contribution in [3.63, 3.8) is 0 Å². The van der Waals surface area contributed by atoms with Crippen molar-refractivity contribution in [2.75, 3.05) is 46.1 Å². The van der Waals surface area contributed by atoms with E-state index in [1.54, 1.807) is 0 Å². The van der Waals surface area contributed by atoms with Gasteiger partial charge in [-0.25, -0.2) is 4.79 Å². The number of carbonyl (C=O) groups excluding carboxylic acids is 1. The van der Waals surface area contributed by atoms with Crippen LogP contribution in [0.4, 0.5) is 4.79 Å². The summed E-state index contributed by atoms with van der Waals surface area (Å²) >= 11 is 0. The Bertz CT molecular complexity index is 729. The lowest BCUT2D eigenvalue weighted by Gasteiger charge is -2.18. The van der Waals surface area contributed by atoms with Crippen LogP contribution < -0.4 is 10.6 Å². The lowest BCUT2D eigenvalue weighted by atomic mass is 10.1. The Morgan fingerprint density at radius 2 is 0.902 bits per heavy atom. The Kier molecular flexibility index (Phi) is 43.6. The second kappa shape index (κ2) is 44.8. The van der Waals surface area contributed by atoms with Crippen LogP contribution in [-0.2, 0) is 14.2 Å². The van der Waals surface area contributed by atoms with E-state index in [1.807, 2.05) is 0 Å². The molecule has 0 fully saturated rings. The number of hydrogen-bond donors (Lipinski definition) is 2. The fourth-order valence-corrected chi connectivity index (χ4v) is 6.18. The van der Waals surface area contributed by atoms with E-state index >= 15 is 0 Å². The van der Waals surface area contributed by atoms with Gasteiger partial charge in [0.05, 0.1) is 6.61 Å². The number of carbonyl (C=O) groups is 1. The maximum atomic E-state index is 12.2. The molecule has 0 aromatic carbocycles. The third-order valence-corrected chi connectivity index (χ3v) is 9.51. The van der Waals surface area contributed by atoms with Gasteiger partial charge in [0, 0.05) is 26.3 Å². The highest BCUT2D eigenvalue weighted by molar-refractivity contribution is 5.67. The van der Waals surface area contributed by atoms with Gasteiger partial charge < -0.3 is 24.8 Å². The molecular formula is C45H88N2O4. The molecule has 0 aromatic rings. The van der Waals surface area contributed by atoms with Crippen LogP contribution >= 0.6 is 0 Å². The quantitative estimate of drug-likeness (QED) is 0.0485. The molecule has 6 nitrogen and oxygen atoms in total. The van der Waals surface area contributed by atoms with Crippen LogP contribution in [0.1, 0.15) is 207 Å². The number of nitrogens with one attached hydrogen (secondary N) is 2. The van der Waals surface area contributed by atoms with Crippen LogP contribution in [0, 0.1) is 0 Å². The second-order valence-electron chi connectivity index (χ2n) is 14.7. The molecular weight excluding hydrogens is 633 g/mol. The van der Waals surface area contributed by atoms with E-state index in [0.717, 1.165) is 39.0 Å². The summed E-state index contributed by atoms with van der Waals surface area (Å²) in [5.74, 6) is 0. The van der Waals surface area contributed by atoms with Crippen molar-refractivity contribution in [2.24, 2.45) is 0 Å². The topological polar surface area (TPSA) is 68.8 Å². The summed E-state index contributed by atoms with van der Waals surface area (Å²) < 4.78 is 17.6. The Labute approximate surface area is 318 Å².